The van der Waals surface area contributed by atoms with Crippen molar-refractivity contribution in [3.8, 4) is 0 Å². The van der Waals surface area contributed by atoms with Crippen LogP contribution in [0.2, 0.25) is 0 Å². The highest BCUT2D eigenvalue weighted by Gasteiger charge is 2.18. The molecule has 0 fully saturated rings. The summed E-state index contributed by atoms with van der Waals surface area (Å²) < 4.78 is 32.7. The molecular weight excluding hydrogens is 346 g/mol. The Morgan fingerprint density at radius 3 is 2.65 bits per heavy atom. The highest BCUT2D eigenvalue weighted by atomic mass is 79.9. The van der Waals surface area contributed by atoms with E-state index in [9.17, 15) is 8.42 Å². The van der Waals surface area contributed by atoms with Gasteiger partial charge in [-0.1, -0.05) is 15.9 Å². The molecule has 20 heavy (non-hydrogen) atoms. The van der Waals surface area contributed by atoms with Gasteiger partial charge in [-0.05, 0) is 43.0 Å². The molecular formula is C13H20BrNO4S. The maximum absolute atomic E-state index is 12.3. The number of aliphatic hydroxyl groups excluding tert-OH is 1. The molecule has 0 aliphatic rings. The first-order chi connectivity index (χ1) is 9.42. The number of aliphatic hydroxyl groups is 1. The second kappa shape index (κ2) is 8.09. The van der Waals surface area contributed by atoms with Gasteiger partial charge in [0, 0.05) is 24.7 Å². The minimum atomic E-state index is -3.57. The summed E-state index contributed by atoms with van der Waals surface area (Å²) in [6.07, 6.45) is 1.52. The molecule has 7 heteroatoms. The predicted octanol–water partition coefficient (Wildman–Crippen LogP) is 1.95. The highest BCUT2D eigenvalue weighted by molar-refractivity contribution is 9.10. The zero-order chi connectivity index (χ0) is 15.2. The van der Waals surface area contributed by atoms with Gasteiger partial charge in [0.15, 0.2) is 0 Å². The maximum atomic E-state index is 12.3. The van der Waals surface area contributed by atoms with Crippen LogP contribution < -0.4 is 4.72 Å². The molecule has 0 saturated heterocycles. The van der Waals surface area contributed by atoms with Crippen LogP contribution in [0.1, 0.15) is 24.0 Å². The third-order valence-electron chi connectivity index (χ3n) is 2.90. The average Bonchev–Trinajstić information content (AvgIpc) is 2.41. The minimum Gasteiger partial charge on any atom is -0.392 e. The number of halogens is 1. The first kappa shape index (κ1) is 17.6. The number of hydrogen-bond donors (Lipinski definition) is 2. The molecule has 1 aromatic carbocycles. The molecule has 0 spiro atoms. The Hall–Kier alpha value is -0.470. The molecule has 0 aliphatic carbocycles. The lowest BCUT2D eigenvalue weighted by molar-refractivity contribution is 0.193. The fourth-order valence-corrected chi connectivity index (χ4v) is 3.76. The Balaban J connectivity index is 2.84. The van der Waals surface area contributed by atoms with Crippen LogP contribution in [-0.4, -0.2) is 33.8 Å². The van der Waals surface area contributed by atoms with Gasteiger partial charge in [-0.2, -0.15) is 0 Å². The number of benzene rings is 1. The fraction of sp³-hybridized carbons (Fsp3) is 0.538. The van der Waals surface area contributed by atoms with Gasteiger partial charge in [0.05, 0.1) is 11.5 Å². The second-order valence-corrected chi connectivity index (χ2v) is 7.05. The van der Waals surface area contributed by atoms with E-state index in [0.29, 0.717) is 35.2 Å². The number of rotatable bonds is 8. The van der Waals surface area contributed by atoms with Gasteiger partial charge >= 0.3 is 0 Å². The lowest BCUT2D eigenvalue weighted by Crippen LogP contribution is -2.26. The molecule has 0 amide bonds. The van der Waals surface area contributed by atoms with E-state index in [0.717, 1.165) is 6.42 Å². The average molecular weight is 366 g/mol. The van der Waals surface area contributed by atoms with Crippen molar-refractivity contribution >= 4 is 26.0 Å². The monoisotopic (exact) mass is 365 g/mol. The largest absolute Gasteiger partial charge is 0.392 e. The predicted molar refractivity (Wildman–Crippen MR) is 81.1 cm³/mol. The third kappa shape index (κ3) is 4.82. The summed E-state index contributed by atoms with van der Waals surface area (Å²) in [6, 6.07) is 3.21. The zero-order valence-electron chi connectivity index (χ0n) is 11.6. The number of ether oxygens (including phenoxy) is 1. The van der Waals surface area contributed by atoms with Crippen LogP contribution in [0.5, 0.6) is 0 Å². The van der Waals surface area contributed by atoms with Crippen molar-refractivity contribution in [3.05, 3.63) is 27.7 Å². The first-order valence-corrected chi connectivity index (χ1v) is 8.58. The van der Waals surface area contributed by atoms with Gasteiger partial charge in [0.2, 0.25) is 10.0 Å². The van der Waals surface area contributed by atoms with Crippen molar-refractivity contribution in [3.63, 3.8) is 0 Å². The number of sulfonamides is 1. The van der Waals surface area contributed by atoms with E-state index >= 15 is 0 Å². The molecule has 114 valence electrons. The number of methoxy groups -OCH3 is 1. The maximum Gasteiger partial charge on any atom is 0.240 e. The van der Waals surface area contributed by atoms with Gasteiger partial charge in [-0.3, -0.25) is 0 Å². The topological polar surface area (TPSA) is 75.6 Å². The normalized spacial score (nSPS) is 11.8. The highest BCUT2D eigenvalue weighted by Crippen LogP contribution is 2.25. The summed E-state index contributed by atoms with van der Waals surface area (Å²) in [7, 11) is -1.95. The SMILES string of the molecule is COCCCCNS(=O)(=O)c1cc(CO)cc(Br)c1C. The standard InChI is InChI=1S/C13H20BrNO4S/c1-10-12(14)7-11(9-16)8-13(10)20(17,18)15-5-3-4-6-19-2/h7-8,15-16H,3-6,9H2,1-2H3. The van der Waals surface area contributed by atoms with E-state index in [-0.39, 0.29) is 11.5 Å². The molecule has 0 radical (unpaired) electrons. The molecule has 0 aliphatic heterocycles. The summed E-state index contributed by atoms with van der Waals surface area (Å²) >= 11 is 3.31. The van der Waals surface area contributed by atoms with Crippen LogP contribution in [0.15, 0.2) is 21.5 Å². The summed E-state index contributed by atoms with van der Waals surface area (Å²) in [5.74, 6) is 0. The van der Waals surface area contributed by atoms with Gasteiger partial charge < -0.3 is 9.84 Å². The molecule has 2 N–H and O–H groups in total. The summed E-state index contributed by atoms with van der Waals surface area (Å²) in [6.45, 7) is 2.51. The third-order valence-corrected chi connectivity index (χ3v) is 5.31. The summed E-state index contributed by atoms with van der Waals surface area (Å²) in [5, 5.41) is 9.17. The van der Waals surface area contributed by atoms with E-state index in [4.69, 9.17) is 9.84 Å². The van der Waals surface area contributed by atoms with Crippen molar-refractivity contribution in [1.82, 2.24) is 4.72 Å². The lowest BCUT2D eigenvalue weighted by Gasteiger charge is -2.12. The van der Waals surface area contributed by atoms with E-state index in [1.807, 2.05) is 0 Å². The van der Waals surface area contributed by atoms with Crippen LogP contribution in [-0.2, 0) is 21.4 Å². The molecule has 0 heterocycles. The van der Waals surface area contributed by atoms with Crippen LogP contribution in [0, 0.1) is 6.92 Å². The van der Waals surface area contributed by atoms with E-state index in [1.54, 1.807) is 20.1 Å². The smallest absolute Gasteiger partial charge is 0.240 e. The minimum absolute atomic E-state index is 0.197. The van der Waals surface area contributed by atoms with Crippen molar-refractivity contribution in [1.29, 1.82) is 0 Å². The van der Waals surface area contributed by atoms with Crippen molar-refractivity contribution < 1.29 is 18.3 Å². The van der Waals surface area contributed by atoms with Gasteiger partial charge in [0.25, 0.3) is 0 Å². The Morgan fingerprint density at radius 1 is 1.35 bits per heavy atom. The van der Waals surface area contributed by atoms with E-state index in [2.05, 4.69) is 20.7 Å². The zero-order valence-corrected chi connectivity index (χ0v) is 14.1. The molecule has 1 aromatic rings. The van der Waals surface area contributed by atoms with Gasteiger partial charge in [-0.25, -0.2) is 13.1 Å². The van der Waals surface area contributed by atoms with Crippen LogP contribution in [0.4, 0.5) is 0 Å². The number of unbranched alkanes of at least 4 members (excludes halogenated alkanes) is 1. The van der Waals surface area contributed by atoms with E-state index in [1.165, 1.54) is 6.07 Å². The molecule has 0 unspecified atom stereocenters. The molecule has 5 nitrogen and oxygen atoms in total. The van der Waals surface area contributed by atoms with Crippen molar-refractivity contribution in [2.75, 3.05) is 20.3 Å². The van der Waals surface area contributed by atoms with Gasteiger partial charge in [-0.15, -0.1) is 0 Å². The molecule has 0 bridgehead atoms. The van der Waals surface area contributed by atoms with E-state index < -0.39 is 10.0 Å². The van der Waals surface area contributed by atoms with Crippen molar-refractivity contribution in [2.45, 2.75) is 31.3 Å². The first-order valence-electron chi connectivity index (χ1n) is 6.31. The number of hydrogen-bond acceptors (Lipinski definition) is 4. The molecule has 0 aromatic heterocycles. The van der Waals surface area contributed by atoms with Crippen LogP contribution >= 0.6 is 15.9 Å². The lowest BCUT2D eigenvalue weighted by atomic mass is 10.2. The Morgan fingerprint density at radius 2 is 2.05 bits per heavy atom. The summed E-state index contributed by atoms with van der Waals surface area (Å²) in [4.78, 5) is 0.197. The molecule has 0 saturated carbocycles. The van der Waals surface area contributed by atoms with Crippen molar-refractivity contribution in [2.24, 2.45) is 0 Å². The van der Waals surface area contributed by atoms with Crippen LogP contribution in [0.25, 0.3) is 0 Å². The Bertz CT molecular complexity index is 546. The number of nitrogens with one attached hydrogen (secondary N) is 1. The second-order valence-electron chi connectivity index (χ2n) is 4.46. The quantitative estimate of drug-likeness (QED) is 0.690. The summed E-state index contributed by atoms with van der Waals surface area (Å²) in [5.41, 5.74) is 1.19. The molecule has 0 atom stereocenters. The molecule has 1 rings (SSSR count). The Kier molecular flexibility index (Phi) is 7.11. The fourth-order valence-electron chi connectivity index (χ4n) is 1.73. The van der Waals surface area contributed by atoms with Crippen LogP contribution in [0.3, 0.4) is 0 Å². The van der Waals surface area contributed by atoms with Gasteiger partial charge in [0.1, 0.15) is 0 Å². The Labute approximate surface area is 128 Å².